The molecule has 1 unspecified atom stereocenters. The molecule has 0 spiro atoms. The number of carbonyl (C=O) groups excluding carboxylic acids is 1. The molecule has 1 aliphatic heterocycles. The van der Waals surface area contributed by atoms with E-state index in [9.17, 15) is 4.79 Å². The lowest BCUT2D eigenvalue weighted by atomic mass is 9.92. The molecule has 1 aliphatic carbocycles. The van der Waals surface area contributed by atoms with Crippen LogP contribution in [0.3, 0.4) is 0 Å². The van der Waals surface area contributed by atoms with Crippen molar-refractivity contribution in [3.8, 4) is 0 Å². The Bertz CT molecular complexity index is 973. The highest BCUT2D eigenvalue weighted by atomic mass is 16.1. The molecule has 0 N–H and O–H groups in total. The van der Waals surface area contributed by atoms with Crippen molar-refractivity contribution in [1.29, 1.82) is 0 Å². The van der Waals surface area contributed by atoms with E-state index in [4.69, 9.17) is 0 Å². The molecule has 1 heterocycles. The molecule has 0 bridgehead atoms. The van der Waals surface area contributed by atoms with Crippen LogP contribution in [0.5, 0.6) is 0 Å². The highest BCUT2D eigenvalue weighted by Gasteiger charge is 2.13. The summed E-state index contributed by atoms with van der Waals surface area (Å²) in [5.74, 6) is -0.0338. The second kappa shape index (κ2) is 13.4. The molecular weight excluding hydrogens is 404 g/mol. The van der Waals surface area contributed by atoms with Crippen LogP contribution in [0.15, 0.2) is 95.7 Å². The van der Waals surface area contributed by atoms with Crippen molar-refractivity contribution in [1.82, 2.24) is 4.90 Å². The molecule has 0 radical (unpaired) electrons. The minimum absolute atomic E-state index is 0.0338. The summed E-state index contributed by atoms with van der Waals surface area (Å²) in [6.07, 6.45) is 25.4. The molecule has 0 fully saturated rings. The number of hydrogen-bond donors (Lipinski definition) is 0. The number of rotatable bonds is 12. The number of carbonyl (C=O) groups is 1. The topological polar surface area (TPSA) is 32.7 Å². The van der Waals surface area contributed by atoms with Gasteiger partial charge in [0.1, 0.15) is 6.29 Å². The molecule has 3 rings (SSSR count). The van der Waals surface area contributed by atoms with Crippen molar-refractivity contribution in [3.05, 3.63) is 102 Å². The fourth-order valence-electron chi connectivity index (χ4n) is 4.22. The van der Waals surface area contributed by atoms with Crippen LogP contribution in [0.2, 0.25) is 0 Å². The second-order valence-corrected chi connectivity index (χ2v) is 8.60. The van der Waals surface area contributed by atoms with Gasteiger partial charge in [0.2, 0.25) is 0 Å². The molecule has 1 aromatic rings. The van der Waals surface area contributed by atoms with Gasteiger partial charge in [0.25, 0.3) is 0 Å². The summed E-state index contributed by atoms with van der Waals surface area (Å²) in [4.78, 5) is 18.8. The average Bonchev–Trinajstić information content (AvgIpc) is 3.25. The third kappa shape index (κ3) is 7.71. The Hall–Kier alpha value is -3.20. The lowest BCUT2D eigenvalue weighted by Gasteiger charge is -2.26. The molecule has 1 atom stereocenters. The molecule has 172 valence electrons. The van der Waals surface area contributed by atoms with Gasteiger partial charge < -0.3 is 9.69 Å². The van der Waals surface area contributed by atoms with E-state index in [0.717, 1.165) is 69.2 Å². The molecule has 1 aromatic carbocycles. The minimum Gasteiger partial charge on any atom is -0.374 e. The Kier molecular flexibility index (Phi) is 9.90. The smallest absolute Gasteiger partial charge is 0.123 e. The Morgan fingerprint density at radius 3 is 2.73 bits per heavy atom. The summed E-state index contributed by atoms with van der Waals surface area (Å²) in [7, 11) is 0. The van der Waals surface area contributed by atoms with Crippen molar-refractivity contribution in [2.45, 2.75) is 45.4 Å². The van der Waals surface area contributed by atoms with Crippen molar-refractivity contribution < 1.29 is 4.79 Å². The van der Waals surface area contributed by atoms with Crippen LogP contribution in [0.4, 0.5) is 0 Å². The second-order valence-electron chi connectivity index (χ2n) is 8.60. The first-order chi connectivity index (χ1) is 16.2. The molecule has 2 aliphatic rings. The first kappa shape index (κ1) is 24.4. The number of nitrogens with zero attached hydrogens (tertiary/aromatic N) is 2. The fourth-order valence-corrected chi connectivity index (χ4v) is 4.22. The van der Waals surface area contributed by atoms with E-state index in [1.165, 1.54) is 16.8 Å². The van der Waals surface area contributed by atoms with Crippen molar-refractivity contribution in [2.24, 2.45) is 10.9 Å². The van der Waals surface area contributed by atoms with Gasteiger partial charge in [0.05, 0.1) is 5.70 Å². The summed E-state index contributed by atoms with van der Waals surface area (Å²) in [5.41, 5.74) is 5.85. The van der Waals surface area contributed by atoms with Gasteiger partial charge in [-0.25, -0.2) is 0 Å². The highest BCUT2D eigenvalue weighted by molar-refractivity contribution is 5.81. The van der Waals surface area contributed by atoms with Crippen LogP contribution in [0, 0.1) is 5.92 Å². The fraction of sp³-hybridized carbons (Fsp3) is 0.333. The standard InChI is InChI=1S/C30H36N2O/c1-3-5-21-32(20-4-2)29-11-9-10-25(15-18-29)22-27(24-33)23-26-13-16-28(17-14-26)30-12-7-6-8-19-31-30/h3,6,8-10,12-19,24,27H,1,4-5,7,11,20-23H2,2H3. The van der Waals surface area contributed by atoms with E-state index >= 15 is 0 Å². The van der Waals surface area contributed by atoms with Crippen molar-refractivity contribution in [2.75, 3.05) is 13.1 Å². The van der Waals surface area contributed by atoms with Crippen molar-refractivity contribution in [3.63, 3.8) is 0 Å². The van der Waals surface area contributed by atoms with Gasteiger partial charge in [-0.1, -0.05) is 67.6 Å². The van der Waals surface area contributed by atoms with Gasteiger partial charge in [-0.2, -0.15) is 0 Å². The maximum atomic E-state index is 11.9. The maximum absolute atomic E-state index is 11.9. The molecule has 0 amide bonds. The van der Waals surface area contributed by atoms with Crippen LogP contribution in [0.25, 0.3) is 5.70 Å². The van der Waals surface area contributed by atoms with Gasteiger partial charge in [0.15, 0.2) is 0 Å². The Morgan fingerprint density at radius 2 is 1.97 bits per heavy atom. The van der Waals surface area contributed by atoms with Crippen LogP contribution >= 0.6 is 0 Å². The summed E-state index contributed by atoms with van der Waals surface area (Å²) in [6, 6.07) is 8.46. The number of hydrogen-bond acceptors (Lipinski definition) is 3. The summed E-state index contributed by atoms with van der Waals surface area (Å²) in [5, 5.41) is 0. The van der Waals surface area contributed by atoms with Crippen LogP contribution in [-0.4, -0.2) is 30.5 Å². The third-order valence-electron chi connectivity index (χ3n) is 5.97. The molecule has 33 heavy (non-hydrogen) atoms. The van der Waals surface area contributed by atoms with Gasteiger partial charge in [-0.3, -0.25) is 4.99 Å². The van der Waals surface area contributed by atoms with E-state index in [0.29, 0.717) is 0 Å². The Morgan fingerprint density at radius 1 is 1.12 bits per heavy atom. The monoisotopic (exact) mass is 440 g/mol. The number of aliphatic imine (C=N–C) groups is 1. The average molecular weight is 441 g/mol. The predicted molar refractivity (Wildman–Crippen MR) is 141 cm³/mol. The van der Waals surface area contributed by atoms with Gasteiger partial charge in [-0.15, -0.1) is 6.58 Å². The third-order valence-corrected chi connectivity index (χ3v) is 5.97. The van der Waals surface area contributed by atoms with E-state index in [1.54, 1.807) is 0 Å². The first-order valence-corrected chi connectivity index (χ1v) is 12.1. The summed E-state index contributed by atoms with van der Waals surface area (Å²) in [6.45, 7) is 8.14. The largest absolute Gasteiger partial charge is 0.374 e. The zero-order chi connectivity index (χ0) is 23.3. The molecule has 0 aromatic heterocycles. The molecule has 0 saturated carbocycles. The van der Waals surface area contributed by atoms with Gasteiger partial charge >= 0.3 is 0 Å². The molecular formula is C30H36N2O. The van der Waals surface area contributed by atoms with Crippen LogP contribution in [-0.2, 0) is 11.2 Å². The van der Waals surface area contributed by atoms with Crippen LogP contribution in [0.1, 0.15) is 50.2 Å². The molecule has 3 heteroatoms. The summed E-state index contributed by atoms with van der Waals surface area (Å²) < 4.78 is 0. The van der Waals surface area contributed by atoms with Crippen molar-refractivity contribution >= 4 is 18.2 Å². The number of aldehydes is 1. The van der Waals surface area contributed by atoms with Gasteiger partial charge in [-0.05, 0) is 61.0 Å². The predicted octanol–water partition coefficient (Wildman–Crippen LogP) is 6.86. The van der Waals surface area contributed by atoms with E-state index in [-0.39, 0.29) is 5.92 Å². The number of allylic oxidation sites excluding steroid dienone is 8. The minimum atomic E-state index is -0.0338. The number of benzene rings is 1. The lowest BCUT2D eigenvalue weighted by Crippen LogP contribution is -2.24. The lowest BCUT2D eigenvalue weighted by molar-refractivity contribution is -0.111. The first-order valence-electron chi connectivity index (χ1n) is 12.1. The Labute approximate surface area is 199 Å². The van der Waals surface area contributed by atoms with E-state index < -0.39 is 0 Å². The molecule has 0 saturated heterocycles. The van der Waals surface area contributed by atoms with E-state index in [1.807, 2.05) is 18.4 Å². The van der Waals surface area contributed by atoms with Crippen LogP contribution < -0.4 is 0 Å². The quantitative estimate of drug-likeness (QED) is 0.263. The van der Waals surface area contributed by atoms with E-state index in [2.05, 4.69) is 84.1 Å². The maximum Gasteiger partial charge on any atom is 0.123 e. The Balaban J connectivity index is 1.63. The molecule has 3 nitrogen and oxygen atoms in total. The zero-order valence-corrected chi connectivity index (χ0v) is 19.8. The SMILES string of the molecule is C=CCCN(CCC)C1=CC=C(CC(C=O)Cc2ccc(C3=CCC=CC=N3)cc2)C=CC1. The summed E-state index contributed by atoms with van der Waals surface area (Å²) >= 11 is 0. The normalized spacial score (nSPS) is 16.2. The highest BCUT2D eigenvalue weighted by Crippen LogP contribution is 2.24. The van der Waals surface area contributed by atoms with Gasteiger partial charge in [0, 0.05) is 37.3 Å². The zero-order valence-electron chi connectivity index (χ0n) is 19.8.